The van der Waals surface area contributed by atoms with Gasteiger partial charge in [-0.25, -0.2) is 0 Å². The van der Waals surface area contributed by atoms with Crippen molar-refractivity contribution in [3.05, 3.63) is 82.4 Å². The van der Waals surface area contributed by atoms with Gasteiger partial charge in [0.25, 0.3) is 0 Å². The van der Waals surface area contributed by atoms with Crippen LogP contribution in [0.3, 0.4) is 0 Å². The molecule has 0 bridgehead atoms. The lowest BCUT2D eigenvalue weighted by atomic mass is 9.99. The number of fused-ring (bicyclic) bond motifs is 1. The zero-order valence-corrected chi connectivity index (χ0v) is 11.0. The highest BCUT2D eigenvalue weighted by molar-refractivity contribution is 6.01. The van der Waals surface area contributed by atoms with Crippen molar-refractivity contribution in [3.8, 4) is 5.75 Å². The maximum Gasteiger partial charge on any atom is 0.119 e. The summed E-state index contributed by atoms with van der Waals surface area (Å²) >= 11 is 0. The first-order chi connectivity index (χ1) is 9.83. The van der Waals surface area contributed by atoms with Gasteiger partial charge in [0.05, 0.1) is 13.3 Å². The lowest BCUT2D eigenvalue weighted by Crippen LogP contribution is -1.89. The lowest BCUT2D eigenvalue weighted by Gasteiger charge is -2.07. The minimum atomic E-state index is 0.767. The maximum atomic E-state index is 10.6. The van der Waals surface area contributed by atoms with E-state index in [2.05, 4.69) is 17.3 Å². The Morgan fingerprint density at radius 2 is 1.85 bits per heavy atom. The minimum Gasteiger partial charge on any atom is -0.497 e. The predicted molar refractivity (Wildman–Crippen MR) is 80.3 cm³/mol. The second kappa shape index (κ2) is 5.13. The fourth-order valence-corrected chi connectivity index (χ4v) is 2.46. The molecule has 0 amide bonds. The number of allylic oxidation sites excluding steroid dienone is 2. The molecular weight excluding hydrogens is 250 g/mol. The lowest BCUT2D eigenvalue weighted by molar-refractivity contribution is 0.414. The molecule has 2 aromatic rings. The van der Waals surface area contributed by atoms with Gasteiger partial charge < -0.3 is 4.74 Å². The van der Waals surface area contributed by atoms with Crippen molar-refractivity contribution in [1.29, 1.82) is 0 Å². The van der Waals surface area contributed by atoms with Crippen LogP contribution in [0, 0.1) is 4.91 Å². The largest absolute Gasteiger partial charge is 0.497 e. The Bertz CT molecular complexity index is 715. The number of nitroso groups, excluding NO2 is 1. The van der Waals surface area contributed by atoms with Gasteiger partial charge in [0.1, 0.15) is 5.75 Å². The highest BCUT2D eigenvalue weighted by Crippen LogP contribution is 2.40. The summed E-state index contributed by atoms with van der Waals surface area (Å²) in [7, 11) is 1.63. The van der Waals surface area contributed by atoms with Gasteiger partial charge in [0.2, 0.25) is 0 Å². The Balaban J connectivity index is 2.18. The number of hydrogen-bond acceptors (Lipinski definition) is 3. The molecule has 98 valence electrons. The van der Waals surface area contributed by atoms with E-state index < -0.39 is 0 Å². The van der Waals surface area contributed by atoms with E-state index >= 15 is 0 Å². The van der Waals surface area contributed by atoms with E-state index in [1.165, 1.54) is 6.20 Å². The van der Waals surface area contributed by atoms with Crippen molar-refractivity contribution >= 4 is 11.1 Å². The Kier molecular flexibility index (Phi) is 3.17. The normalized spacial score (nSPS) is 14.8. The van der Waals surface area contributed by atoms with Gasteiger partial charge in [-0.3, -0.25) is 0 Å². The monoisotopic (exact) mass is 263 g/mol. The first-order valence-corrected chi connectivity index (χ1v) is 6.32. The molecule has 1 aliphatic rings. The van der Waals surface area contributed by atoms with Gasteiger partial charge in [-0.15, -0.1) is 4.91 Å². The molecule has 0 N–H and O–H groups in total. The third-order valence-corrected chi connectivity index (χ3v) is 3.40. The molecule has 0 heterocycles. The predicted octanol–water partition coefficient (Wildman–Crippen LogP) is 4.25. The molecule has 0 aromatic heterocycles. The van der Waals surface area contributed by atoms with E-state index in [0.717, 1.165) is 33.6 Å². The summed E-state index contributed by atoms with van der Waals surface area (Å²) < 4.78 is 5.25. The van der Waals surface area contributed by atoms with Gasteiger partial charge in [0, 0.05) is 5.57 Å². The second-order valence-electron chi connectivity index (χ2n) is 4.53. The third kappa shape index (κ3) is 2.03. The van der Waals surface area contributed by atoms with Crippen molar-refractivity contribution in [3.63, 3.8) is 0 Å². The fraction of sp³-hybridized carbons (Fsp3) is 0.0588. The zero-order valence-electron chi connectivity index (χ0n) is 11.0. The van der Waals surface area contributed by atoms with Crippen LogP contribution in [0.4, 0.5) is 0 Å². The molecule has 0 aliphatic heterocycles. The molecule has 0 atom stereocenters. The van der Waals surface area contributed by atoms with E-state index in [-0.39, 0.29) is 0 Å². The van der Waals surface area contributed by atoms with Crippen LogP contribution in [0.25, 0.3) is 11.1 Å². The van der Waals surface area contributed by atoms with E-state index in [1.54, 1.807) is 7.11 Å². The molecule has 0 saturated carbocycles. The highest BCUT2D eigenvalue weighted by atomic mass is 16.5. The Labute approximate surface area is 117 Å². The van der Waals surface area contributed by atoms with Crippen LogP contribution >= 0.6 is 0 Å². The van der Waals surface area contributed by atoms with Gasteiger partial charge in [-0.1, -0.05) is 36.4 Å². The van der Waals surface area contributed by atoms with Crippen molar-refractivity contribution < 1.29 is 4.74 Å². The van der Waals surface area contributed by atoms with Crippen LogP contribution in [0.15, 0.2) is 66.0 Å². The molecule has 1 aliphatic carbocycles. The zero-order chi connectivity index (χ0) is 13.9. The molecule has 0 fully saturated rings. The molecule has 0 spiro atoms. The molecule has 0 unspecified atom stereocenters. The minimum absolute atomic E-state index is 0.767. The van der Waals surface area contributed by atoms with Gasteiger partial charge in [-0.05, 0) is 45.6 Å². The highest BCUT2D eigenvalue weighted by Gasteiger charge is 2.20. The van der Waals surface area contributed by atoms with E-state index in [0.29, 0.717) is 0 Å². The van der Waals surface area contributed by atoms with Crippen LogP contribution in [0.5, 0.6) is 5.75 Å². The van der Waals surface area contributed by atoms with Crippen LogP contribution in [-0.4, -0.2) is 7.11 Å². The molecule has 3 rings (SSSR count). The number of rotatable bonds is 3. The van der Waals surface area contributed by atoms with E-state index in [4.69, 9.17) is 4.74 Å². The molecule has 0 radical (unpaired) electrons. The van der Waals surface area contributed by atoms with Gasteiger partial charge in [-0.2, -0.15) is 0 Å². The summed E-state index contributed by atoms with van der Waals surface area (Å²) in [6.07, 6.45) is 3.33. The van der Waals surface area contributed by atoms with Crippen molar-refractivity contribution in [2.24, 2.45) is 5.18 Å². The van der Waals surface area contributed by atoms with E-state index in [1.807, 2.05) is 42.5 Å². The van der Waals surface area contributed by atoms with Crippen LogP contribution in [0.2, 0.25) is 0 Å². The third-order valence-electron chi connectivity index (χ3n) is 3.40. The second-order valence-corrected chi connectivity index (χ2v) is 4.53. The molecular formula is C17H13NO2. The summed E-state index contributed by atoms with van der Waals surface area (Å²) in [6, 6.07) is 16.0. The van der Waals surface area contributed by atoms with Crippen molar-refractivity contribution in [2.45, 2.75) is 0 Å². The smallest absolute Gasteiger partial charge is 0.119 e. The summed E-state index contributed by atoms with van der Waals surface area (Å²) in [4.78, 5) is 10.6. The Morgan fingerprint density at radius 3 is 2.55 bits per heavy atom. The average Bonchev–Trinajstić information content (AvgIpc) is 2.86. The fourth-order valence-electron chi connectivity index (χ4n) is 2.46. The van der Waals surface area contributed by atoms with Crippen molar-refractivity contribution in [2.75, 3.05) is 7.11 Å². The van der Waals surface area contributed by atoms with Gasteiger partial charge in [0.15, 0.2) is 0 Å². The standard InChI is InChI=1S/C17H13NO2/c1-20-14-7-8-15-16(12-5-3-2-4-6-12)9-13(11-18-19)17(15)10-14/h2-11H,1H3/b13-11+. The number of benzene rings is 2. The summed E-state index contributed by atoms with van der Waals surface area (Å²) in [5, 5.41) is 2.90. The molecule has 3 heteroatoms. The molecule has 20 heavy (non-hydrogen) atoms. The maximum absolute atomic E-state index is 10.6. The molecule has 0 saturated heterocycles. The Hall–Kier alpha value is -2.68. The van der Waals surface area contributed by atoms with E-state index in [9.17, 15) is 4.91 Å². The van der Waals surface area contributed by atoms with Crippen LogP contribution < -0.4 is 4.74 Å². The first-order valence-electron chi connectivity index (χ1n) is 6.32. The summed E-state index contributed by atoms with van der Waals surface area (Å²) in [6.45, 7) is 0. The number of ether oxygens (including phenoxy) is 1. The summed E-state index contributed by atoms with van der Waals surface area (Å²) in [5.41, 5.74) is 5.09. The van der Waals surface area contributed by atoms with Crippen molar-refractivity contribution in [1.82, 2.24) is 0 Å². The SMILES string of the molecule is COc1ccc2c(c1)/C(=C/N=O)C=C2c1ccccc1. The summed E-state index contributed by atoms with van der Waals surface area (Å²) in [5.74, 6) is 0.767. The average molecular weight is 263 g/mol. The van der Waals surface area contributed by atoms with Gasteiger partial charge >= 0.3 is 0 Å². The number of hydrogen-bond donors (Lipinski definition) is 0. The quantitative estimate of drug-likeness (QED) is 0.776. The molecule has 3 nitrogen and oxygen atoms in total. The number of methoxy groups -OCH3 is 1. The van der Waals surface area contributed by atoms with Crippen LogP contribution in [0.1, 0.15) is 16.7 Å². The first kappa shape index (κ1) is 12.4. The Morgan fingerprint density at radius 1 is 1.05 bits per heavy atom. The number of nitrogens with zero attached hydrogens (tertiary/aromatic N) is 1. The topological polar surface area (TPSA) is 38.7 Å². The molecule has 2 aromatic carbocycles. The van der Waals surface area contributed by atoms with Crippen LogP contribution in [-0.2, 0) is 0 Å².